The molecule has 0 bridgehead atoms. The Labute approximate surface area is 125 Å². The van der Waals surface area contributed by atoms with Crippen molar-refractivity contribution in [2.45, 2.75) is 51.7 Å². The van der Waals surface area contributed by atoms with Crippen molar-refractivity contribution >= 4 is 15.9 Å². The summed E-state index contributed by atoms with van der Waals surface area (Å²) >= 11 is 3.63. The van der Waals surface area contributed by atoms with Crippen molar-refractivity contribution in [1.82, 2.24) is 5.32 Å². The van der Waals surface area contributed by atoms with Crippen LogP contribution in [0.25, 0.3) is 0 Å². The molecule has 1 saturated carbocycles. The molecule has 0 aromatic heterocycles. The molecule has 3 heteroatoms. The molecule has 0 spiro atoms. The number of hydrogen-bond acceptors (Lipinski definition) is 2. The van der Waals surface area contributed by atoms with Crippen LogP contribution < -0.4 is 10.1 Å². The minimum Gasteiger partial charge on any atom is -0.489 e. The van der Waals surface area contributed by atoms with Crippen LogP contribution in [0.3, 0.4) is 0 Å². The van der Waals surface area contributed by atoms with Gasteiger partial charge in [0, 0.05) is 6.04 Å². The van der Waals surface area contributed by atoms with Crippen molar-refractivity contribution in [3.05, 3.63) is 28.2 Å². The SMILES string of the molecule is CNC(C)c1ccc(OC2CCC(C)CC2)c(Br)c1. The van der Waals surface area contributed by atoms with Crippen LogP contribution in [0.5, 0.6) is 5.75 Å². The third kappa shape index (κ3) is 3.96. The Morgan fingerprint density at radius 1 is 1.26 bits per heavy atom. The standard InChI is InChI=1S/C16H24BrNO/c1-11-4-7-14(8-5-11)19-16-9-6-13(10-15(16)17)12(2)18-3/h6,9-12,14,18H,4-5,7-8H2,1-3H3. The van der Waals surface area contributed by atoms with Crippen LogP contribution in [0.2, 0.25) is 0 Å². The van der Waals surface area contributed by atoms with E-state index in [0.717, 1.165) is 16.1 Å². The van der Waals surface area contributed by atoms with E-state index in [1.165, 1.54) is 31.2 Å². The van der Waals surface area contributed by atoms with Gasteiger partial charge in [-0.2, -0.15) is 0 Å². The Morgan fingerprint density at radius 2 is 1.95 bits per heavy atom. The van der Waals surface area contributed by atoms with Crippen LogP contribution in [0.4, 0.5) is 0 Å². The average molecular weight is 326 g/mol. The van der Waals surface area contributed by atoms with Crippen molar-refractivity contribution < 1.29 is 4.74 Å². The van der Waals surface area contributed by atoms with E-state index >= 15 is 0 Å². The fourth-order valence-corrected chi connectivity index (χ4v) is 3.07. The molecule has 19 heavy (non-hydrogen) atoms. The van der Waals surface area contributed by atoms with Crippen molar-refractivity contribution in [3.8, 4) is 5.75 Å². The van der Waals surface area contributed by atoms with Crippen LogP contribution >= 0.6 is 15.9 Å². The summed E-state index contributed by atoms with van der Waals surface area (Å²) < 4.78 is 7.20. The number of ether oxygens (including phenoxy) is 1. The largest absolute Gasteiger partial charge is 0.489 e. The van der Waals surface area contributed by atoms with Gasteiger partial charge in [0.25, 0.3) is 0 Å². The maximum absolute atomic E-state index is 6.14. The summed E-state index contributed by atoms with van der Waals surface area (Å²) in [6, 6.07) is 6.75. The van der Waals surface area contributed by atoms with Crippen molar-refractivity contribution in [2.75, 3.05) is 7.05 Å². The summed E-state index contributed by atoms with van der Waals surface area (Å²) in [5.41, 5.74) is 1.28. The van der Waals surface area contributed by atoms with Gasteiger partial charge in [0.2, 0.25) is 0 Å². The first kappa shape index (κ1) is 14.9. The van der Waals surface area contributed by atoms with Gasteiger partial charge in [0.15, 0.2) is 0 Å². The highest BCUT2D eigenvalue weighted by Crippen LogP contribution is 2.32. The maximum Gasteiger partial charge on any atom is 0.133 e. The van der Waals surface area contributed by atoms with Gasteiger partial charge in [-0.25, -0.2) is 0 Å². The van der Waals surface area contributed by atoms with Crippen molar-refractivity contribution in [3.63, 3.8) is 0 Å². The third-order valence-corrected chi connectivity index (χ3v) is 4.77. The lowest BCUT2D eigenvalue weighted by atomic mass is 9.89. The van der Waals surface area contributed by atoms with Gasteiger partial charge in [-0.1, -0.05) is 13.0 Å². The lowest BCUT2D eigenvalue weighted by Crippen LogP contribution is -2.23. The van der Waals surface area contributed by atoms with Gasteiger partial charge in [-0.05, 0) is 79.2 Å². The molecule has 1 fully saturated rings. The van der Waals surface area contributed by atoms with Crippen molar-refractivity contribution in [2.24, 2.45) is 5.92 Å². The smallest absolute Gasteiger partial charge is 0.133 e. The third-order valence-electron chi connectivity index (χ3n) is 4.15. The molecule has 1 aromatic rings. The fourth-order valence-electron chi connectivity index (χ4n) is 2.58. The second-order valence-electron chi connectivity index (χ2n) is 5.70. The number of halogens is 1. The van der Waals surface area contributed by atoms with E-state index in [1.54, 1.807) is 0 Å². The van der Waals surface area contributed by atoms with Crippen LogP contribution in [-0.2, 0) is 0 Å². The molecular formula is C16H24BrNO. The van der Waals surface area contributed by atoms with E-state index in [0.29, 0.717) is 12.1 Å². The summed E-state index contributed by atoms with van der Waals surface area (Å²) in [6.45, 7) is 4.49. The summed E-state index contributed by atoms with van der Waals surface area (Å²) in [5.74, 6) is 1.84. The molecule has 0 radical (unpaired) electrons. The highest BCUT2D eigenvalue weighted by molar-refractivity contribution is 9.10. The molecular weight excluding hydrogens is 302 g/mol. The first-order chi connectivity index (χ1) is 9.10. The van der Waals surface area contributed by atoms with Gasteiger partial charge in [0.05, 0.1) is 10.6 Å². The minimum absolute atomic E-state index is 0.362. The lowest BCUT2D eigenvalue weighted by molar-refractivity contribution is 0.134. The van der Waals surface area contributed by atoms with Gasteiger partial charge in [-0.3, -0.25) is 0 Å². The van der Waals surface area contributed by atoms with Gasteiger partial charge < -0.3 is 10.1 Å². The Morgan fingerprint density at radius 3 is 2.53 bits per heavy atom. The molecule has 2 nitrogen and oxygen atoms in total. The second kappa shape index (κ2) is 6.76. The maximum atomic E-state index is 6.14. The molecule has 1 aliphatic carbocycles. The molecule has 1 atom stereocenters. The zero-order chi connectivity index (χ0) is 13.8. The van der Waals surface area contributed by atoms with Crippen LogP contribution in [0.1, 0.15) is 51.1 Å². The normalized spacial score (nSPS) is 25.1. The topological polar surface area (TPSA) is 21.3 Å². The van der Waals surface area contributed by atoms with E-state index in [2.05, 4.69) is 53.3 Å². The van der Waals surface area contributed by atoms with E-state index < -0.39 is 0 Å². The molecule has 0 heterocycles. The Balaban J connectivity index is 2.01. The zero-order valence-corrected chi connectivity index (χ0v) is 13.7. The predicted octanol–water partition coefficient (Wildman–Crippen LogP) is 4.69. The van der Waals surface area contributed by atoms with Crippen LogP contribution in [0.15, 0.2) is 22.7 Å². The summed E-state index contributed by atoms with van der Waals surface area (Å²) in [5, 5.41) is 3.25. The summed E-state index contributed by atoms with van der Waals surface area (Å²) in [4.78, 5) is 0. The highest BCUT2D eigenvalue weighted by Gasteiger charge is 2.20. The van der Waals surface area contributed by atoms with Crippen LogP contribution in [-0.4, -0.2) is 13.2 Å². The fraction of sp³-hybridized carbons (Fsp3) is 0.625. The van der Waals surface area contributed by atoms with E-state index in [4.69, 9.17) is 4.74 Å². The molecule has 106 valence electrons. The molecule has 2 rings (SSSR count). The molecule has 0 amide bonds. The first-order valence-corrected chi connectivity index (χ1v) is 8.02. The van der Waals surface area contributed by atoms with Gasteiger partial charge in [0.1, 0.15) is 5.75 Å². The number of rotatable bonds is 4. The Bertz CT molecular complexity index is 413. The molecule has 1 N–H and O–H groups in total. The Hall–Kier alpha value is -0.540. The highest BCUT2D eigenvalue weighted by atomic mass is 79.9. The zero-order valence-electron chi connectivity index (χ0n) is 12.1. The Kier molecular flexibility index (Phi) is 5.28. The molecule has 1 aliphatic rings. The van der Waals surface area contributed by atoms with Crippen LogP contribution in [0, 0.1) is 5.92 Å². The van der Waals surface area contributed by atoms with E-state index in [-0.39, 0.29) is 0 Å². The number of benzene rings is 1. The van der Waals surface area contributed by atoms with E-state index in [1.807, 2.05) is 7.05 Å². The first-order valence-electron chi connectivity index (χ1n) is 7.23. The molecule has 0 aliphatic heterocycles. The molecule has 1 aromatic carbocycles. The average Bonchev–Trinajstić information content (AvgIpc) is 2.42. The van der Waals surface area contributed by atoms with Gasteiger partial charge >= 0.3 is 0 Å². The van der Waals surface area contributed by atoms with Crippen molar-refractivity contribution in [1.29, 1.82) is 0 Å². The monoisotopic (exact) mass is 325 g/mol. The second-order valence-corrected chi connectivity index (χ2v) is 6.55. The quantitative estimate of drug-likeness (QED) is 0.867. The number of nitrogens with one attached hydrogen (secondary N) is 1. The van der Waals surface area contributed by atoms with Gasteiger partial charge in [-0.15, -0.1) is 0 Å². The number of hydrogen-bond donors (Lipinski definition) is 1. The van der Waals surface area contributed by atoms with E-state index in [9.17, 15) is 0 Å². The predicted molar refractivity (Wildman–Crippen MR) is 83.7 cm³/mol. The molecule has 1 unspecified atom stereocenters. The summed E-state index contributed by atoms with van der Waals surface area (Å²) in [6.07, 6.45) is 5.33. The molecule has 0 saturated heterocycles. The minimum atomic E-state index is 0.362. The lowest BCUT2D eigenvalue weighted by Gasteiger charge is -2.27. The summed E-state index contributed by atoms with van der Waals surface area (Å²) in [7, 11) is 1.98.